The number of hydrogen-bond donors (Lipinski definition) is 3. The van der Waals surface area contributed by atoms with Crippen molar-refractivity contribution in [1.29, 1.82) is 0 Å². The Balaban J connectivity index is 1.51. The molecule has 0 saturated heterocycles. The summed E-state index contributed by atoms with van der Waals surface area (Å²) in [4.78, 5) is 12.2. The molecule has 0 radical (unpaired) electrons. The Bertz CT molecular complexity index is 1490. The molecule has 3 aliphatic rings. The van der Waals surface area contributed by atoms with E-state index in [1.165, 1.54) is 0 Å². The Labute approximate surface area is 211 Å². The first-order chi connectivity index (χ1) is 18.0. The lowest BCUT2D eigenvalue weighted by Gasteiger charge is -2.30. The third-order valence-corrected chi connectivity index (χ3v) is 7.03. The smallest absolute Gasteiger partial charge is 0.307 e. The molecular formula is C24H20F6N8. The van der Waals surface area contributed by atoms with E-state index in [2.05, 4.69) is 30.9 Å². The van der Waals surface area contributed by atoms with Gasteiger partial charge in [-0.2, -0.15) is 36.5 Å². The fourth-order valence-corrected chi connectivity index (χ4v) is 5.35. The molecule has 8 nitrogen and oxygen atoms in total. The largest absolute Gasteiger partial charge is 0.433 e. The van der Waals surface area contributed by atoms with Crippen molar-refractivity contribution in [2.45, 2.75) is 56.9 Å². The number of pyridine rings is 1. The second-order valence-electron chi connectivity index (χ2n) is 9.38. The average Bonchev–Trinajstić information content (AvgIpc) is 3.49. The second kappa shape index (κ2) is 8.53. The Hall–Kier alpha value is -3.97. The summed E-state index contributed by atoms with van der Waals surface area (Å²) >= 11 is 0. The highest BCUT2D eigenvalue weighted by Gasteiger charge is 2.41. The molecule has 3 N–H and O–H groups in total. The summed E-state index contributed by atoms with van der Waals surface area (Å²) in [7, 11) is 0. The molecule has 2 unspecified atom stereocenters. The SMILES string of the molecule is Cc1nc(Nc2n[nH]c(C(F)(F)F)c2-c2nc3c(c4c2CCCC4)C2C=NNC2C=C3)ncc1C(F)(F)F. The highest BCUT2D eigenvalue weighted by Crippen LogP contribution is 2.46. The van der Waals surface area contributed by atoms with E-state index in [0.29, 0.717) is 30.3 Å². The number of nitrogens with one attached hydrogen (secondary N) is 3. The predicted molar refractivity (Wildman–Crippen MR) is 126 cm³/mol. The lowest BCUT2D eigenvalue weighted by atomic mass is 9.77. The van der Waals surface area contributed by atoms with Crippen LogP contribution in [0.4, 0.5) is 38.1 Å². The van der Waals surface area contributed by atoms with Crippen LogP contribution >= 0.6 is 0 Å². The quantitative estimate of drug-likeness (QED) is 0.394. The molecule has 198 valence electrons. The molecule has 4 heterocycles. The number of rotatable bonds is 3. The van der Waals surface area contributed by atoms with E-state index in [1.54, 1.807) is 12.3 Å². The topological polar surface area (TPSA) is 104 Å². The van der Waals surface area contributed by atoms with E-state index in [4.69, 9.17) is 4.98 Å². The molecule has 0 spiro atoms. The van der Waals surface area contributed by atoms with Crippen LogP contribution in [0.1, 0.15) is 58.1 Å². The minimum atomic E-state index is -4.80. The van der Waals surface area contributed by atoms with Gasteiger partial charge in [-0.25, -0.2) is 15.0 Å². The van der Waals surface area contributed by atoms with Gasteiger partial charge in [-0.1, -0.05) is 6.08 Å². The zero-order chi connectivity index (χ0) is 26.8. The Morgan fingerprint density at radius 2 is 1.76 bits per heavy atom. The molecule has 0 fully saturated rings. The lowest BCUT2D eigenvalue weighted by molar-refractivity contribution is -0.141. The minimum Gasteiger partial charge on any atom is -0.307 e. The number of hydrazone groups is 1. The van der Waals surface area contributed by atoms with Crippen molar-refractivity contribution in [3.63, 3.8) is 0 Å². The van der Waals surface area contributed by atoms with Crippen molar-refractivity contribution < 1.29 is 26.3 Å². The Morgan fingerprint density at radius 3 is 2.47 bits per heavy atom. The first kappa shape index (κ1) is 24.4. The zero-order valence-corrected chi connectivity index (χ0v) is 19.8. The Morgan fingerprint density at radius 1 is 1.00 bits per heavy atom. The van der Waals surface area contributed by atoms with Gasteiger partial charge in [0.05, 0.1) is 34.3 Å². The van der Waals surface area contributed by atoms with Crippen molar-refractivity contribution in [1.82, 2.24) is 30.6 Å². The fraction of sp³-hybridized carbons (Fsp3) is 0.375. The lowest BCUT2D eigenvalue weighted by Crippen LogP contribution is -2.29. The van der Waals surface area contributed by atoms with Crippen LogP contribution < -0.4 is 10.7 Å². The number of nitrogens with zero attached hydrogens (tertiary/aromatic N) is 5. The standard InChI is InChI=1S/C24H20F6N8/c1-10-14(23(25,26)27)9-31-22(33-10)35-21-18(20(37-38-21)24(28,29)30)19-12-5-3-2-4-11(12)17-13-8-32-36-15(13)6-7-16(17)34-19/h6-9,13,15,36H,2-5H2,1H3,(H2,31,33,35,37,38). The van der Waals surface area contributed by atoms with E-state index in [-0.39, 0.29) is 40.7 Å². The molecule has 6 rings (SSSR count). The van der Waals surface area contributed by atoms with Gasteiger partial charge < -0.3 is 10.7 Å². The van der Waals surface area contributed by atoms with Gasteiger partial charge in [0.15, 0.2) is 11.5 Å². The second-order valence-corrected chi connectivity index (χ2v) is 9.38. The first-order valence-electron chi connectivity index (χ1n) is 11.9. The van der Waals surface area contributed by atoms with Crippen molar-refractivity contribution in [3.05, 3.63) is 51.6 Å². The first-order valence-corrected chi connectivity index (χ1v) is 11.9. The molecule has 3 aromatic heterocycles. The van der Waals surface area contributed by atoms with Gasteiger partial charge in [-0.15, -0.1) is 0 Å². The number of aromatic amines is 1. The van der Waals surface area contributed by atoms with Gasteiger partial charge >= 0.3 is 12.4 Å². The van der Waals surface area contributed by atoms with Crippen LogP contribution in [0.5, 0.6) is 0 Å². The van der Waals surface area contributed by atoms with E-state index in [0.717, 1.165) is 30.9 Å². The summed E-state index contributed by atoms with van der Waals surface area (Å²) in [5.74, 6) is -0.672. The molecule has 3 aromatic rings. The number of alkyl halides is 6. The van der Waals surface area contributed by atoms with Crippen LogP contribution in [0.25, 0.3) is 17.3 Å². The highest BCUT2D eigenvalue weighted by atomic mass is 19.4. The number of anilines is 2. The summed E-state index contributed by atoms with van der Waals surface area (Å²) < 4.78 is 81.9. The predicted octanol–water partition coefficient (Wildman–Crippen LogP) is 5.30. The van der Waals surface area contributed by atoms with Crippen LogP contribution in [-0.4, -0.2) is 37.4 Å². The molecule has 2 aliphatic carbocycles. The summed E-state index contributed by atoms with van der Waals surface area (Å²) in [5, 5.41) is 12.6. The normalized spacial score (nSPS) is 20.1. The summed E-state index contributed by atoms with van der Waals surface area (Å²) in [5.41, 5.74) is 3.45. The van der Waals surface area contributed by atoms with E-state index in [1.807, 2.05) is 11.2 Å². The maximum Gasteiger partial charge on any atom is 0.433 e. The van der Waals surface area contributed by atoms with Gasteiger partial charge in [-0.3, -0.25) is 5.10 Å². The summed E-state index contributed by atoms with van der Waals surface area (Å²) in [6, 6.07) is -0.0434. The van der Waals surface area contributed by atoms with Gasteiger partial charge in [-0.05, 0) is 55.4 Å². The van der Waals surface area contributed by atoms with Crippen LogP contribution in [0.2, 0.25) is 0 Å². The maximum absolute atomic E-state index is 14.2. The number of fused-ring (bicyclic) bond motifs is 5. The van der Waals surface area contributed by atoms with E-state index in [9.17, 15) is 26.3 Å². The third-order valence-electron chi connectivity index (χ3n) is 7.03. The van der Waals surface area contributed by atoms with Gasteiger partial charge in [0.25, 0.3) is 0 Å². The molecule has 1 aliphatic heterocycles. The number of halogens is 6. The molecule has 2 atom stereocenters. The van der Waals surface area contributed by atoms with E-state index < -0.39 is 23.6 Å². The van der Waals surface area contributed by atoms with Crippen molar-refractivity contribution >= 4 is 24.1 Å². The van der Waals surface area contributed by atoms with Crippen LogP contribution in [0.3, 0.4) is 0 Å². The summed E-state index contributed by atoms with van der Waals surface area (Å²) in [6.07, 6.45) is -0.573. The monoisotopic (exact) mass is 534 g/mol. The average molecular weight is 534 g/mol. The third kappa shape index (κ3) is 3.98. The van der Waals surface area contributed by atoms with E-state index >= 15 is 0 Å². The highest BCUT2D eigenvalue weighted by molar-refractivity contribution is 5.84. The number of H-pyrrole nitrogens is 1. The van der Waals surface area contributed by atoms with Gasteiger partial charge in [0.2, 0.25) is 5.95 Å². The van der Waals surface area contributed by atoms with Crippen molar-refractivity contribution in [2.24, 2.45) is 5.10 Å². The summed E-state index contributed by atoms with van der Waals surface area (Å²) in [6.45, 7) is 1.14. The van der Waals surface area contributed by atoms with Crippen molar-refractivity contribution in [3.8, 4) is 11.3 Å². The van der Waals surface area contributed by atoms with Crippen molar-refractivity contribution in [2.75, 3.05) is 5.32 Å². The molecule has 14 heteroatoms. The van der Waals surface area contributed by atoms with Gasteiger partial charge in [0.1, 0.15) is 0 Å². The minimum absolute atomic E-state index is 0.0434. The van der Waals surface area contributed by atoms with Crippen LogP contribution in [-0.2, 0) is 25.2 Å². The number of aromatic nitrogens is 5. The maximum atomic E-state index is 14.2. The van der Waals surface area contributed by atoms with Gasteiger partial charge in [0, 0.05) is 18.3 Å². The van der Waals surface area contributed by atoms with Crippen LogP contribution in [0.15, 0.2) is 17.4 Å². The van der Waals surface area contributed by atoms with Crippen LogP contribution in [0, 0.1) is 6.92 Å². The number of aryl methyl sites for hydroxylation is 1. The zero-order valence-electron chi connectivity index (χ0n) is 19.8. The molecule has 0 saturated carbocycles. The molecular weight excluding hydrogens is 514 g/mol. The molecule has 0 bridgehead atoms. The fourth-order valence-electron chi connectivity index (χ4n) is 5.35. The molecule has 38 heavy (non-hydrogen) atoms. The number of hydrogen-bond acceptors (Lipinski definition) is 7. The molecule has 0 aromatic carbocycles. The molecule has 0 amide bonds. The Kier molecular flexibility index (Phi) is 5.47.